The van der Waals surface area contributed by atoms with Gasteiger partial charge in [0.05, 0.1) is 11.4 Å². The van der Waals surface area contributed by atoms with Gasteiger partial charge in [0.25, 0.3) is 5.91 Å². The Labute approximate surface area is 202 Å². The van der Waals surface area contributed by atoms with Gasteiger partial charge in [-0.15, -0.1) is 11.8 Å². The van der Waals surface area contributed by atoms with E-state index < -0.39 is 53.0 Å². The van der Waals surface area contributed by atoms with Crippen molar-refractivity contribution in [3.8, 4) is 5.75 Å². The molecule has 2 aliphatic heterocycles. The molecule has 0 spiro atoms. The van der Waals surface area contributed by atoms with E-state index in [0.717, 1.165) is 11.8 Å². The van der Waals surface area contributed by atoms with Crippen LogP contribution in [-0.4, -0.2) is 75.1 Å². The van der Waals surface area contributed by atoms with Crippen LogP contribution in [0.25, 0.3) is 0 Å². The number of primary amides is 1. The number of oxime groups is 1. The molecule has 12 nitrogen and oxygen atoms in total. The van der Waals surface area contributed by atoms with Crippen molar-refractivity contribution in [2.24, 2.45) is 16.3 Å². The summed E-state index contributed by atoms with van der Waals surface area (Å²) >= 11 is 1.07. The van der Waals surface area contributed by atoms with Crippen LogP contribution in [0.3, 0.4) is 0 Å². The Morgan fingerprint density at radius 3 is 2.71 bits per heavy atom. The molecular weight excluding hydrogens is 443 g/mol. The zero-order valence-electron chi connectivity index (χ0n) is 16.3. The molecule has 2 heterocycles. The number of β-lactam (4-membered cyclic amide) rings is 1. The summed E-state index contributed by atoms with van der Waals surface area (Å²) in [6, 6.07) is 4.49. The van der Waals surface area contributed by atoms with Gasteiger partial charge in [-0.05, 0) is 12.1 Å². The van der Waals surface area contributed by atoms with Gasteiger partial charge in [0, 0.05) is 17.9 Å². The zero-order chi connectivity index (χ0) is 22.1. The molecule has 0 bridgehead atoms. The summed E-state index contributed by atoms with van der Waals surface area (Å²) in [5, 5.41) is 35.2. The Morgan fingerprint density at radius 2 is 2.13 bits per heavy atom. The van der Waals surface area contributed by atoms with Crippen molar-refractivity contribution < 1.29 is 68.9 Å². The third-order valence-corrected chi connectivity index (χ3v) is 6.38. The van der Waals surface area contributed by atoms with Gasteiger partial charge in [-0.1, -0.05) is 17.3 Å². The molecule has 160 valence electrons. The Kier molecular flexibility index (Phi) is 7.81. The number of carboxylic acids is 1. The predicted octanol–water partition coefficient (Wildman–Crippen LogP) is -5.19. The van der Waals surface area contributed by atoms with Gasteiger partial charge in [-0.3, -0.25) is 9.59 Å². The number of aliphatic carboxylic acids is 1. The van der Waals surface area contributed by atoms with Gasteiger partial charge in [0.15, 0.2) is 5.71 Å². The van der Waals surface area contributed by atoms with Gasteiger partial charge >= 0.3 is 35.7 Å². The predicted molar refractivity (Wildman–Crippen MR) is 99.3 cm³/mol. The summed E-state index contributed by atoms with van der Waals surface area (Å²) in [4.78, 5) is 48.7. The second kappa shape index (κ2) is 9.77. The number of hydrogen-bond donors (Lipinski definition) is 4. The van der Waals surface area contributed by atoms with E-state index in [1.165, 1.54) is 29.2 Å². The Morgan fingerprint density at radius 1 is 1.42 bits per heavy atom. The van der Waals surface area contributed by atoms with Crippen LogP contribution in [0.2, 0.25) is 0 Å². The Balaban J connectivity index is 0.00000341. The fraction of sp³-hybridized carbons (Fsp3) is 0.353. The molecule has 0 aliphatic carbocycles. The number of thioether (sulfide) groups is 1. The number of carbonyl (C=O) groups is 4. The van der Waals surface area contributed by atoms with Crippen LogP contribution < -0.4 is 45.7 Å². The monoisotopic (exact) mass is 460 g/mol. The number of nitrogens with one attached hydrogen (secondary N) is 1. The molecule has 0 aromatic heterocycles. The first-order valence-corrected chi connectivity index (χ1v) is 9.61. The van der Waals surface area contributed by atoms with E-state index in [1.54, 1.807) is 0 Å². The summed E-state index contributed by atoms with van der Waals surface area (Å²) < 4.78 is 4.62. The fourth-order valence-corrected chi connectivity index (χ4v) is 4.72. The van der Waals surface area contributed by atoms with E-state index in [-0.39, 0.29) is 53.2 Å². The van der Waals surface area contributed by atoms with Crippen molar-refractivity contribution in [3.63, 3.8) is 0 Å². The zero-order valence-corrected chi connectivity index (χ0v) is 19.1. The first kappa shape index (κ1) is 24.8. The number of carboxylic acid groups (broad SMARTS) is 1. The molecule has 3 rings (SSSR count). The molecule has 14 heteroatoms. The number of benzene rings is 1. The molecule has 2 fully saturated rings. The first-order valence-electron chi connectivity index (χ1n) is 8.56. The first-order chi connectivity index (χ1) is 14.2. The number of rotatable bonds is 6. The molecule has 5 N–H and O–H groups in total. The minimum atomic E-state index is -1.62. The van der Waals surface area contributed by atoms with E-state index in [1.807, 2.05) is 0 Å². The standard InChI is InChI=1S/C17H18N4O8S.Na/c18-16(27)29-6-17(15(25)26)5-21-13(24)11(14(21)30-7-17)19-12(23)10(20-28)8-2-1-3-9(22)4-8;/h1-4,11,14,22,28H,5-7H2,(H2,18,27)(H,19,23)(H,25,26);/q;+1/p-1/t11?,14-,17?;/m1./s1. The molecule has 1 aromatic rings. The Hall–Kier alpha value is -2.48. The van der Waals surface area contributed by atoms with Gasteiger partial charge in [0.1, 0.15) is 23.8 Å². The fourth-order valence-electron chi connectivity index (χ4n) is 3.20. The van der Waals surface area contributed by atoms with Crippen LogP contribution in [0.1, 0.15) is 5.56 Å². The minimum absolute atomic E-state index is 0. The molecule has 3 amide bonds. The molecule has 0 radical (unpaired) electrons. The Bertz CT molecular complexity index is 944. The molecule has 3 atom stereocenters. The van der Waals surface area contributed by atoms with Crippen LogP contribution >= 0.6 is 11.8 Å². The maximum Gasteiger partial charge on any atom is 1.00 e. The average molecular weight is 460 g/mol. The number of fused-ring (bicyclic) bond motifs is 1. The molecule has 0 saturated carbocycles. The second-order valence-electron chi connectivity index (χ2n) is 6.79. The topological polar surface area (TPSA) is 195 Å². The van der Waals surface area contributed by atoms with Crippen LogP contribution in [0.15, 0.2) is 29.4 Å². The summed E-state index contributed by atoms with van der Waals surface area (Å²) in [6.07, 6.45) is -1.15. The van der Waals surface area contributed by atoms with E-state index in [4.69, 9.17) is 5.73 Å². The second-order valence-corrected chi connectivity index (χ2v) is 7.90. The van der Waals surface area contributed by atoms with Crippen molar-refractivity contribution in [1.82, 2.24) is 10.2 Å². The van der Waals surface area contributed by atoms with Crippen LogP contribution in [0, 0.1) is 5.41 Å². The van der Waals surface area contributed by atoms with Gasteiger partial charge in [0.2, 0.25) is 5.91 Å². The summed E-state index contributed by atoms with van der Waals surface area (Å²) in [5.41, 5.74) is 2.99. The number of nitrogens with zero attached hydrogens (tertiary/aromatic N) is 2. The number of amides is 3. The molecular formula is C17H17N4NaO8S. The van der Waals surface area contributed by atoms with Gasteiger partial charge in [-0.25, -0.2) is 4.79 Å². The SMILES string of the molecule is NC(=O)OCC1(C(=O)[O-])CS[C@@H]2C(NC(=O)C(=NO)c3cccc(O)c3)C(=O)N2C1.[Na+]. The number of ether oxygens (including phenoxy) is 1. The van der Waals surface area contributed by atoms with Crippen molar-refractivity contribution in [2.75, 3.05) is 18.9 Å². The van der Waals surface area contributed by atoms with Gasteiger partial charge in [-0.2, -0.15) is 0 Å². The van der Waals surface area contributed by atoms with Gasteiger partial charge < -0.3 is 40.9 Å². The number of aromatic hydroxyl groups is 1. The van der Waals surface area contributed by atoms with Crippen LogP contribution in [0.5, 0.6) is 5.75 Å². The van der Waals surface area contributed by atoms with Crippen molar-refractivity contribution in [1.29, 1.82) is 0 Å². The molecule has 1 aromatic carbocycles. The molecule has 2 aliphatic rings. The van der Waals surface area contributed by atoms with E-state index in [9.17, 15) is 34.6 Å². The number of phenolic OH excluding ortho intramolecular Hbond substituents is 1. The van der Waals surface area contributed by atoms with Crippen molar-refractivity contribution in [3.05, 3.63) is 29.8 Å². The molecule has 31 heavy (non-hydrogen) atoms. The molecule has 2 unspecified atom stereocenters. The average Bonchev–Trinajstić information content (AvgIpc) is 2.70. The van der Waals surface area contributed by atoms with E-state index in [2.05, 4.69) is 15.2 Å². The van der Waals surface area contributed by atoms with Crippen LogP contribution in [0.4, 0.5) is 4.79 Å². The summed E-state index contributed by atoms with van der Waals surface area (Å²) in [5.74, 6) is -3.09. The normalized spacial score (nSPS) is 24.8. The molecule has 2 saturated heterocycles. The summed E-state index contributed by atoms with van der Waals surface area (Å²) in [7, 11) is 0. The quantitative estimate of drug-likeness (QED) is 0.105. The summed E-state index contributed by atoms with van der Waals surface area (Å²) in [6.45, 7) is -0.830. The maximum atomic E-state index is 12.5. The van der Waals surface area contributed by atoms with E-state index >= 15 is 0 Å². The largest absolute Gasteiger partial charge is 1.00 e. The number of phenols is 1. The number of nitrogens with two attached hydrogens (primary N) is 1. The number of carbonyl (C=O) groups excluding carboxylic acids is 4. The number of hydrogen-bond acceptors (Lipinski definition) is 10. The maximum absolute atomic E-state index is 12.5. The van der Waals surface area contributed by atoms with Crippen molar-refractivity contribution >= 4 is 41.4 Å². The third kappa shape index (κ3) is 4.89. The third-order valence-electron chi connectivity index (χ3n) is 4.79. The minimum Gasteiger partial charge on any atom is -0.549 e. The smallest absolute Gasteiger partial charge is 0.549 e. The van der Waals surface area contributed by atoms with E-state index in [0.29, 0.717) is 0 Å². The van der Waals surface area contributed by atoms with Crippen LogP contribution in [-0.2, 0) is 19.1 Å². The van der Waals surface area contributed by atoms with Crippen molar-refractivity contribution in [2.45, 2.75) is 11.4 Å².